The molecule has 14 heteroatoms. The lowest BCUT2D eigenvalue weighted by Crippen LogP contribution is -2.26. The fourth-order valence-corrected chi connectivity index (χ4v) is 3.50. The molecular formula is C18H18N4O10. The summed E-state index contributed by atoms with van der Waals surface area (Å²) in [5, 5.41) is 18.5. The van der Waals surface area contributed by atoms with Gasteiger partial charge in [-0.05, 0) is 37.8 Å². The number of aromatic nitrogens is 2. The molecule has 0 bridgehead atoms. The Morgan fingerprint density at radius 2 is 0.938 bits per heavy atom. The molecule has 0 aliphatic rings. The molecule has 0 unspecified atom stereocenters. The minimum Gasteiger partial charge on any atom is -0.314 e. The Hall–Kier alpha value is -4.10. The van der Waals surface area contributed by atoms with Crippen LogP contribution in [0.15, 0.2) is 31.3 Å². The maximum absolute atomic E-state index is 12.6. The summed E-state index contributed by atoms with van der Waals surface area (Å²) in [5.74, 6) is 0. The first kappa shape index (κ1) is 22.6. The second-order valence-electron chi connectivity index (χ2n) is 7.00. The molecule has 0 atom stereocenters. The van der Waals surface area contributed by atoms with Gasteiger partial charge in [0.25, 0.3) is 32.4 Å². The van der Waals surface area contributed by atoms with Crippen molar-refractivity contribution in [2.45, 2.75) is 38.8 Å². The van der Waals surface area contributed by atoms with E-state index in [2.05, 4.69) is 9.68 Å². The Labute approximate surface area is 177 Å². The topological polar surface area (TPSA) is 183 Å². The lowest BCUT2D eigenvalue weighted by atomic mass is 10.1. The molecule has 14 nitrogen and oxygen atoms in total. The van der Waals surface area contributed by atoms with Gasteiger partial charge in [0, 0.05) is 13.1 Å². The van der Waals surface area contributed by atoms with Crippen molar-refractivity contribution in [1.29, 1.82) is 0 Å². The number of rotatable bonds is 12. The Morgan fingerprint density at radius 1 is 0.625 bits per heavy atom. The second kappa shape index (κ2) is 9.36. The van der Waals surface area contributed by atoms with Gasteiger partial charge in [0.2, 0.25) is 0 Å². The molecule has 0 fully saturated rings. The first-order valence-corrected chi connectivity index (χ1v) is 9.67. The summed E-state index contributed by atoms with van der Waals surface area (Å²) in [6.45, 7) is -0.306. The predicted octanol–water partition coefficient (Wildman–Crippen LogP) is -0.111. The van der Waals surface area contributed by atoms with Gasteiger partial charge in [0.05, 0.1) is 34.8 Å². The van der Waals surface area contributed by atoms with Crippen LogP contribution in [-0.4, -0.2) is 32.5 Å². The maximum atomic E-state index is 12.6. The van der Waals surface area contributed by atoms with Crippen molar-refractivity contribution >= 4 is 21.5 Å². The van der Waals surface area contributed by atoms with Gasteiger partial charge < -0.3 is 9.68 Å². The van der Waals surface area contributed by atoms with Crippen molar-refractivity contribution in [3.63, 3.8) is 0 Å². The minimum atomic E-state index is -0.929. The first-order chi connectivity index (χ1) is 15.2. The van der Waals surface area contributed by atoms with E-state index in [4.69, 9.17) is 0 Å². The van der Waals surface area contributed by atoms with Gasteiger partial charge in [-0.25, -0.2) is 0 Å². The van der Waals surface area contributed by atoms with E-state index in [0.29, 0.717) is 0 Å². The Bertz CT molecular complexity index is 1200. The summed E-state index contributed by atoms with van der Waals surface area (Å²) >= 11 is 0. The number of unbranched alkanes of at least 4 members (excludes halogenated alkanes) is 2. The van der Waals surface area contributed by atoms with Crippen LogP contribution in [0.25, 0.3) is 21.5 Å². The molecule has 0 N–H and O–H groups in total. The monoisotopic (exact) mass is 450 g/mol. The van der Waals surface area contributed by atoms with E-state index >= 15 is 0 Å². The molecule has 2 heterocycles. The molecule has 0 radical (unpaired) electrons. The highest BCUT2D eigenvalue weighted by atomic mass is 17.0. The minimum absolute atomic E-state index is 0.0117. The third kappa shape index (κ3) is 4.48. The van der Waals surface area contributed by atoms with Crippen LogP contribution in [-0.2, 0) is 22.8 Å². The molecule has 3 aromatic rings. The quantitative estimate of drug-likeness (QED) is 0.205. The highest BCUT2D eigenvalue weighted by molar-refractivity contribution is 5.97. The number of nitrogens with zero attached hydrogens (tertiary/aromatic N) is 4. The van der Waals surface area contributed by atoms with Gasteiger partial charge in [-0.1, -0.05) is 0 Å². The van der Waals surface area contributed by atoms with E-state index in [1.165, 1.54) is 12.1 Å². The normalized spacial score (nSPS) is 11.2. The van der Waals surface area contributed by atoms with E-state index in [9.17, 15) is 39.4 Å². The zero-order valence-electron chi connectivity index (χ0n) is 16.7. The molecule has 0 aliphatic heterocycles. The van der Waals surface area contributed by atoms with Crippen LogP contribution in [0.1, 0.15) is 25.7 Å². The number of benzene rings is 1. The van der Waals surface area contributed by atoms with E-state index < -0.39 is 32.4 Å². The zero-order chi connectivity index (χ0) is 23.4. The second-order valence-corrected chi connectivity index (χ2v) is 7.00. The van der Waals surface area contributed by atoms with Gasteiger partial charge in [0.1, 0.15) is 0 Å². The summed E-state index contributed by atoms with van der Waals surface area (Å²) in [5.41, 5.74) is -2.45. The van der Waals surface area contributed by atoms with Crippen molar-refractivity contribution < 1.29 is 19.8 Å². The van der Waals surface area contributed by atoms with Crippen molar-refractivity contribution in [3.05, 3.63) is 73.8 Å². The van der Waals surface area contributed by atoms with Crippen LogP contribution in [0.2, 0.25) is 0 Å². The fraction of sp³-hybridized carbons (Fsp3) is 0.444. The Morgan fingerprint density at radius 3 is 1.22 bits per heavy atom. The number of hydrogen-bond donors (Lipinski definition) is 0. The van der Waals surface area contributed by atoms with Crippen molar-refractivity contribution in [2.24, 2.45) is 0 Å². The SMILES string of the molecule is O=c1c2cc3c(=O)n(CCCCO[N+](=O)[O-])c(=O)c3cc2c(=O)n1CCCCO[N+](=O)[O-]. The highest BCUT2D eigenvalue weighted by Crippen LogP contribution is 2.15. The van der Waals surface area contributed by atoms with E-state index in [-0.39, 0.29) is 73.5 Å². The summed E-state index contributed by atoms with van der Waals surface area (Å²) in [4.78, 5) is 79.2. The van der Waals surface area contributed by atoms with Gasteiger partial charge in [-0.3, -0.25) is 28.3 Å². The predicted molar refractivity (Wildman–Crippen MR) is 109 cm³/mol. The van der Waals surface area contributed by atoms with Crippen LogP contribution in [0.4, 0.5) is 0 Å². The zero-order valence-corrected chi connectivity index (χ0v) is 16.7. The van der Waals surface area contributed by atoms with Gasteiger partial charge in [-0.2, -0.15) is 0 Å². The van der Waals surface area contributed by atoms with E-state index in [1.807, 2.05) is 0 Å². The van der Waals surface area contributed by atoms with Crippen LogP contribution in [0.5, 0.6) is 0 Å². The van der Waals surface area contributed by atoms with Crippen molar-refractivity contribution in [3.8, 4) is 0 Å². The Kier molecular flexibility index (Phi) is 6.61. The summed E-state index contributed by atoms with van der Waals surface area (Å²) < 4.78 is 1.93. The lowest BCUT2D eigenvalue weighted by molar-refractivity contribution is -0.757. The average molecular weight is 450 g/mol. The molecule has 0 spiro atoms. The fourth-order valence-electron chi connectivity index (χ4n) is 3.50. The van der Waals surface area contributed by atoms with Gasteiger partial charge in [0.15, 0.2) is 0 Å². The molecule has 2 aromatic heterocycles. The molecule has 0 aliphatic carbocycles. The summed E-state index contributed by atoms with van der Waals surface area (Å²) in [6, 6.07) is 2.47. The number of hydrogen-bond acceptors (Lipinski definition) is 10. The molecule has 3 rings (SSSR count). The smallest absolute Gasteiger partial charge is 0.294 e. The third-order valence-corrected chi connectivity index (χ3v) is 5.01. The van der Waals surface area contributed by atoms with Crippen LogP contribution < -0.4 is 22.2 Å². The molecule has 170 valence electrons. The lowest BCUT2D eigenvalue weighted by Gasteiger charge is -2.00. The largest absolute Gasteiger partial charge is 0.314 e. The summed E-state index contributed by atoms with van der Waals surface area (Å²) in [6.07, 6.45) is 1.07. The average Bonchev–Trinajstić information content (AvgIpc) is 3.11. The van der Waals surface area contributed by atoms with Gasteiger partial charge in [-0.15, -0.1) is 20.2 Å². The van der Waals surface area contributed by atoms with Crippen LogP contribution in [0, 0.1) is 20.2 Å². The first-order valence-electron chi connectivity index (χ1n) is 9.67. The summed E-state index contributed by atoms with van der Waals surface area (Å²) in [7, 11) is 0. The van der Waals surface area contributed by atoms with Crippen molar-refractivity contribution in [1.82, 2.24) is 9.13 Å². The molecule has 32 heavy (non-hydrogen) atoms. The third-order valence-electron chi connectivity index (χ3n) is 5.01. The molecule has 1 aromatic carbocycles. The van der Waals surface area contributed by atoms with E-state index in [1.54, 1.807) is 0 Å². The maximum Gasteiger partial charge on any atom is 0.294 e. The molecule has 0 amide bonds. The Balaban J connectivity index is 1.84. The van der Waals surface area contributed by atoms with E-state index in [0.717, 1.165) is 9.13 Å². The standard InChI is InChI=1S/C18H18N4O10/c23-15-11-9-13-14(18(26)20(17(13)25)6-2-4-8-32-22(29)30)10-12(11)16(24)19(15)5-1-3-7-31-21(27)28/h9-10H,1-8H2. The molecule has 0 saturated carbocycles. The van der Waals surface area contributed by atoms with Crippen LogP contribution in [0.3, 0.4) is 0 Å². The molecular weight excluding hydrogens is 432 g/mol. The highest BCUT2D eigenvalue weighted by Gasteiger charge is 2.19. The van der Waals surface area contributed by atoms with Gasteiger partial charge >= 0.3 is 0 Å². The van der Waals surface area contributed by atoms with Crippen molar-refractivity contribution in [2.75, 3.05) is 13.2 Å². The van der Waals surface area contributed by atoms with Crippen LogP contribution >= 0.6 is 0 Å². The molecule has 0 saturated heterocycles. The number of fused-ring (bicyclic) bond motifs is 2.